The molecule has 0 saturated heterocycles. The highest BCUT2D eigenvalue weighted by molar-refractivity contribution is 5.84. The highest BCUT2D eigenvalue weighted by atomic mass is 16.3. The molecule has 5 aliphatic carbocycles. The van der Waals surface area contributed by atoms with Gasteiger partial charge in [0.15, 0.2) is 5.78 Å². The van der Waals surface area contributed by atoms with Gasteiger partial charge in [0.1, 0.15) is 6.10 Å². The molecule has 5 fully saturated rings. The third-order valence-electron chi connectivity index (χ3n) is 13.1. The van der Waals surface area contributed by atoms with E-state index in [1.54, 1.807) is 0 Å². The number of hydrogen-bond donors (Lipinski definition) is 2. The molecule has 182 valence electrons. The van der Waals surface area contributed by atoms with E-state index in [0.717, 1.165) is 6.42 Å². The van der Waals surface area contributed by atoms with Crippen molar-refractivity contribution in [3.8, 4) is 0 Å². The predicted molar refractivity (Wildman–Crippen MR) is 128 cm³/mol. The summed E-state index contributed by atoms with van der Waals surface area (Å²) >= 11 is 0. The van der Waals surface area contributed by atoms with Gasteiger partial charge in [-0.1, -0.05) is 41.5 Å². The molecule has 3 heteroatoms. The summed E-state index contributed by atoms with van der Waals surface area (Å²) in [6.45, 7) is 15.4. The van der Waals surface area contributed by atoms with Gasteiger partial charge in [-0.05, 0) is 114 Å². The van der Waals surface area contributed by atoms with Crippen LogP contribution in [0.3, 0.4) is 0 Å². The minimum atomic E-state index is -0.752. The van der Waals surface area contributed by atoms with E-state index in [9.17, 15) is 15.0 Å². The fourth-order valence-electron chi connectivity index (χ4n) is 10.9. The molecule has 2 N–H and O–H groups in total. The Hall–Kier alpha value is -0.410. The molecule has 0 aromatic rings. The van der Waals surface area contributed by atoms with E-state index in [-0.39, 0.29) is 32.9 Å². The molecule has 0 heterocycles. The summed E-state index contributed by atoms with van der Waals surface area (Å²) in [4.78, 5) is 12.5. The van der Waals surface area contributed by atoms with Crippen molar-refractivity contribution in [2.75, 3.05) is 6.61 Å². The summed E-state index contributed by atoms with van der Waals surface area (Å²) in [6.07, 6.45) is 11.4. The van der Waals surface area contributed by atoms with Crippen molar-refractivity contribution in [2.24, 2.45) is 50.2 Å². The number of rotatable bonds is 1. The van der Waals surface area contributed by atoms with E-state index in [1.807, 2.05) is 0 Å². The molecule has 9 atom stereocenters. The van der Waals surface area contributed by atoms with E-state index in [1.165, 1.54) is 51.4 Å². The molecule has 0 aliphatic heterocycles. The summed E-state index contributed by atoms with van der Waals surface area (Å²) < 4.78 is 0. The number of aliphatic hydroxyl groups is 2. The van der Waals surface area contributed by atoms with Crippen LogP contribution in [0.5, 0.6) is 0 Å². The van der Waals surface area contributed by atoms with Crippen molar-refractivity contribution < 1.29 is 15.0 Å². The number of ketones is 1. The maximum Gasteiger partial charge on any atom is 0.161 e. The molecule has 0 spiro atoms. The fourth-order valence-corrected chi connectivity index (χ4v) is 10.9. The van der Waals surface area contributed by atoms with Gasteiger partial charge in [-0.25, -0.2) is 0 Å². The van der Waals surface area contributed by atoms with Crippen LogP contribution in [0.4, 0.5) is 0 Å². The van der Waals surface area contributed by atoms with Gasteiger partial charge < -0.3 is 10.2 Å². The van der Waals surface area contributed by atoms with Crippen LogP contribution < -0.4 is 0 Å². The first-order valence-electron chi connectivity index (χ1n) is 13.6. The average Bonchev–Trinajstić information content (AvgIpc) is 2.71. The van der Waals surface area contributed by atoms with Crippen LogP contribution in [0.2, 0.25) is 0 Å². The van der Waals surface area contributed by atoms with Gasteiger partial charge in [-0.2, -0.15) is 0 Å². The Bertz CT molecular complexity index is 804. The minimum Gasteiger partial charge on any atom is -0.396 e. The highest BCUT2D eigenvalue weighted by Crippen LogP contribution is 2.78. The van der Waals surface area contributed by atoms with E-state index < -0.39 is 6.10 Å². The monoisotopic (exact) mass is 444 g/mol. The smallest absolute Gasteiger partial charge is 0.161 e. The molecular weight excluding hydrogens is 396 g/mol. The third kappa shape index (κ3) is 2.82. The zero-order chi connectivity index (χ0) is 23.4. The quantitative estimate of drug-likeness (QED) is 0.510. The molecule has 5 saturated carbocycles. The van der Waals surface area contributed by atoms with E-state index in [4.69, 9.17) is 0 Å². The van der Waals surface area contributed by atoms with Gasteiger partial charge in [-0.3, -0.25) is 4.79 Å². The second-order valence-corrected chi connectivity index (χ2v) is 15.0. The molecule has 5 rings (SSSR count). The Labute approximate surface area is 196 Å². The summed E-state index contributed by atoms with van der Waals surface area (Å²) in [5, 5.41) is 21.3. The van der Waals surface area contributed by atoms with Crippen LogP contribution in [-0.4, -0.2) is 28.7 Å². The number of aliphatic hydroxyl groups excluding tert-OH is 2. The average molecular weight is 445 g/mol. The normalized spacial score (nSPS) is 57.1. The van der Waals surface area contributed by atoms with E-state index in [2.05, 4.69) is 41.5 Å². The second-order valence-electron chi connectivity index (χ2n) is 15.0. The molecule has 3 nitrogen and oxygen atoms in total. The summed E-state index contributed by atoms with van der Waals surface area (Å²) in [5.41, 5.74) is 1.27. The van der Waals surface area contributed by atoms with Crippen molar-refractivity contribution in [1.29, 1.82) is 0 Å². The first-order valence-corrected chi connectivity index (χ1v) is 13.6. The number of carbonyl (C=O) groups excluding carboxylic acids is 1. The van der Waals surface area contributed by atoms with E-state index in [0.29, 0.717) is 42.6 Å². The molecule has 0 bridgehead atoms. The lowest BCUT2D eigenvalue weighted by atomic mass is 9.30. The van der Waals surface area contributed by atoms with Crippen LogP contribution in [0, 0.1) is 50.2 Å². The second kappa shape index (κ2) is 6.84. The van der Waals surface area contributed by atoms with Crippen LogP contribution in [0.1, 0.15) is 112 Å². The molecule has 0 radical (unpaired) electrons. The lowest BCUT2D eigenvalue weighted by molar-refractivity contribution is -0.262. The largest absolute Gasteiger partial charge is 0.396 e. The van der Waals surface area contributed by atoms with Crippen molar-refractivity contribution >= 4 is 5.78 Å². The SMILES string of the molecule is CC1(C)CC[C@]2(CO)CC[C@]3(C)[C@H]4CC[C@]5(C)CC(=O)[C@H](O)C[C@H]5[C@]4(C)CC[C@@]3(C)[C@H]2C1. The molecule has 5 aliphatic rings. The van der Waals surface area contributed by atoms with Gasteiger partial charge in [-0.15, -0.1) is 0 Å². The number of Topliss-reactive ketones (excluding diaryl/α,β-unsaturated/α-hetero) is 1. The first kappa shape index (κ1) is 23.3. The van der Waals surface area contributed by atoms with Gasteiger partial charge in [0.2, 0.25) is 0 Å². The Kier molecular flexibility index (Phi) is 4.99. The topological polar surface area (TPSA) is 57.5 Å². The summed E-state index contributed by atoms with van der Waals surface area (Å²) in [5.74, 6) is 1.76. The molecule has 32 heavy (non-hydrogen) atoms. The first-order chi connectivity index (χ1) is 14.8. The summed E-state index contributed by atoms with van der Waals surface area (Å²) in [7, 11) is 0. The van der Waals surface area contributed by atoms with Gasteiger partial charge in [0.25, 0.3) is 0 Å². The van der Waals surface area contributed by atoms with Crippen molar-refractivity contribution in [1.82, 2.24) is 0 Å². The van der Waals surface area contributed by atoms with Crippen molar-refractivity contribution in [3.05, 3.63) is 0 Å². The van der Waals surface area contributed by atoms with Crippen LogP contribution >= 0.6 is 0 Å². The maximum absolute atomic E-state index is 12.5. The molecule has 0 aromatic carbocycles. The standard InChI is InChI=1S/C29H48O3/c1-24(2)9-13-29(18-30)14-12-27(5)21-7-8-25(3)16-20(32)19(31)15-22(25)26(21,4)10-11-28(27,6)23(29)17-24/h19,21-23,30-31H,7-18H2,1-6H3/t19-,21+,22-,23-,25-,26-,27-,28+,29-/m1/s1. The number of fused-ring (bicyclic) bond motifs is 7. The lowest BCUT2D eigenvalue weighted by Gasteiger charge is -2.74. The molecule has 0 unspecified atom stereocenters. The van der Waals surface area contributed by atoms with Crippen LogP contribution in [0.25, 0.3) is 0 Å². The Morgan fingerprint density at radius 2 is 1.44 bits per heavy atom. The molecule has 0 amide bonds. The van der Waals surface area contributed by atoms with Crippen LogP contribution in [-0.2, 0) is 4.79 Å². The minimum absolute atomic E-state index is 0.0576. The Balaban J connectivity index is 1.55. The van der Waals surface area contributed by atoms with Gasteiger partial charge >= 0.3 is 0 Å². The zero-order valence-corrected chi connectivity index (χ0v) is 21.6. The predicted octanol–water partition coefficient (Wildman–Crippen LogP) is 6.15. The van der Waals surface area contributed by atoms with E-state index >= 15 is 0 Å². The van der Waals surface area contributed by atoms with Crippen molar-refractivity contribution in [2.45, 2.75) is 118 Å². The zero-order valence-electron chi connectivity index (χ0n) is 21.6. The maximum atomic E-state index is 12.5. The fraction of sp³-hybridized carbons (Fsp3) is 0.966. The highest BCUT2D eigenvalue weighted by Gasteiger charge is 2.71. The van der Waals surface area contributed by atoms with Gasteiger partial charge in [0.05, 0.1) is 0 Å². The van der Waals surface area contributed by atoms with Crippen molar-refractivity contribution in [3.63, 3.8) is 0 Å². The number of carbonyl (C=O) groups is 1. The Morgan fingerprint density at radius 3 is 2.12 bits per heavy atom. The molecular formula is C29H48O3. The molecule has 0 aromatic heterocycles. The van der Waals surface area contributed by atoms with Gasteiger partial charge in [0, 0.05) is 13.0 Å². The third-order valence-corrected chi connectivity index (χ3v) is 13.1. The number of hydrogen-bond acceptors (Lipinski definition) is 3. The lowest BCUT2D eigenvalue weighted by Crippen LogP contribution is -2.68. The van der Waals surface area contributed by atoms with Crippen LogP contribution in [0.15, 0.2) is 0 Å². The summed E-state index contributed by atoms with van der Waals surface area (Å²) in [6, 6.07) is 0. The Morgan fingerprint density at radius 1 is 0.812 bits per heavy atom.